The summed E-state index contributed by atoms with van der Waals surface area (Å²) in [6.07, 6.45) is 0. The molecule has 7 nitrogen and oxygen atoms in total. The number of rotatable bonds is 4. The smallest absolute Gasteiger partial charge is 0.337 e. The fourth-order valence-electron chi connectivity index (χ4n) is 2.60. The number of aromatic nitrogens is 3. The molecule has 0 spiro atoms. The largest absolute Gasteiger partial charge is 0.465 e. The second-order valence-corrected chi connectivity index (χ2v) is 6.54. The van der Waals surface area contributed by atoms with Gasteiger partial charge in [-0.05, 0) is 23.8 Å². The average molecular weight is 366 g/mol. The van der Waals surface area contributed by atoms with E-state index in [0.29, 0.717) is 33.1 Å². The van der Waals surface area contributed by atoms with E-state index in [1.165, 1.54) is 23.0 Å². The van der Waals surface area contributed by atoms with Crippen molar-refractivity contribution in [2.75, 3.05) is 12.4 Å². The minimum Gasteiger partial charge on any atom is -0.465 e. The van der Waals surface area contributed by atoms with Crippen molar-refractivity contribution < 1.29 is 9.53 Å². The quantitative estimate of drug-likeness (QED) is 0.559. The van der Waals surface area contributed by atoms with Crippen molar-refractivity contribution in [1.29, 1.82) is 0 Å². The van der Waals surface area contributed by atoms with Crippen molar-refractivity contribution in [2.45, 2.75) is 6.54 Å². The molecule has 26 heavy (non-hydrogen) atoms. The van der Waals surface area contributed by atoms with Crippen LogP contribution < -0.4 is 10.9 Å². The Labute approximate surface area is 151 Å². The van der Waals surface area contributed by atoms with Gasteiger partial charge in [0.15, 0.2) is 0 Å². The number of anilines is 1. The van der Waals surface area contributed by atoms with E-state index in [1.807, 2.05) is 30.3 Å². The van der Waals surface area contributed by atoms with Crippen molar-refractivity contribution in [3.05, 3.63) is 70.0 Å². The maximum Gasteiger partial charge on any atom is 0.337 e. The van der Waals surface area contributed by atoms with Gasteiger partial charge in [-0.2, -0.15) is 4.52 Å². The Morgan fingerprint density at radius 3 is 2.81 bits per heavy atom. The molecule has 0 amide bonds. The lowest BCUT2D eigenvalue weighted by molar-refractivity contribution is 0.0601. The van der Waals surface area contributed by atoms with E-state index in [2.05, 4.69) is 15.4 Å². The Kier molecular flexibility index (Phi) is 4.10. The number of nitrogens with zero attached hydrogens (tertiary/aromatic N) is 3. The summed E-state index contributed by atoms with van der Waals surface area (Å²) in [5.41, 5.74) is 1.63. The monoisotopic (exact) mass is 366 g/mol. The van der Waals surface area contributed by atoms with Crippen LogP contribution >= 0.6 is 11.3 Å². The SMILES string of the molecule is COC(=O)c1ccc2c(=O)n3nc(NCc4ccccc4)sc3nc2c1. The molecule has 0 saturated heterocycles. The van der Waals surface area contributed by atoms with Gasteiger partial charge in [0.25, 0.3) is 5.56 Å². The molecule has 2 aromatic carbocycles. The third-order valence-electron chi connectivity index (χ3n) is 3.90. The van der Waals surface area contributed by atoms with Gasteiger partial charge < -0.3 is 10.1 Å². The average Bonchev–Trinajstić information content (AvgIpc) is 3.09. The third-order valence-corrected chi connectivity index (χ3v) is 4.77. The van der Waals surface area contributed by atoms with Crippen molar-refractivity contribution in [1.82, 2.24) is 14.6 Å². The summed E-state index contributed by atoms with van der Waals surface area (Å²) in [5.74, 6) is -0.469. The summed E-state index contributed by atoms with van der Waals surface area (Å²) in [6.45, 7) is 0.599. The van der Waals surface area contributed by atoms with E-state index in [1.54, 1.807) is 18.2 Å². The summed E-state index contributed by atoms with van der Waals surface area (Å²) in [4.78, 5) is 29.2. The molecule has 0 fully saturated rings. The molecule has 4 aromatic rings. The van der Waals surface area contributed by atoms with Crippen molar-refractivity contribution in [2.24, 2.45) is 0 Å². The van der Waals surface area contributed by atoms with Crippen molar-refractivity contribution in [3.8, 4) is 0 Å². The first kappa shape index (κ1) is 16.2. The van der Waals surface area contributed by atoms with Crippen LogP contribution in [0.4, 0.5) is 5.13 Å². The molecular formula is C18H14N4O3S. The number of hydrogen-bond donors (Lipinski definition) is 1. The van der Waals surface area contributed by atoms with Crippen LogP contribution in [0.15, 0.2) is 53.3 Å². The van der Waals surface area contributed by atoms with Gasteiger partial charge in [-0.1, -0.05) is 41.7 Å². The van der Waals surface area contributed by atoms with Gasteiger partial charge in [-0.3, -0.25) is 4.79 Å². The maximum absolute atomic E-state index is 12.6. The predicted molar refractivity (Wildman–Crippen MR) is 99.7 cm³/mol. The Bertz CT molecular complexity index is 1170. The van der Waals surface area contributed by atoms with Crippen LogP contribution in [-0.4, -0.2) is 27.7 Å². The highest BCUT2D eigenvalue weighted by molar-refractivity contribution is 7.20. The highest BCUT2D eigenvalue weighted by atomic mass is 32.1. The molecule has 0 aliphatic heterocycles. The minimum absolute atomic E-state index is 0.273. The second-order valence-electron chi connectivity index (χ2n) is 5.58. The Morgan fingerprint density at radius 1 is 1.23 bits per heavy atom. The number of ether oxygens (including phenoxy) is 1. The summed E-state index contributed by atoms with van der Waals surface area (Å²) >= 11 is 1.28. The first-order valence-electron chi connectivity index (χ1n) is 7.85. The van der Waals surface area contributed by atoms with Gasteiger partial charge >= 0.3 is 5.97 Å². The maximum atomic E-state index is 12.6. The second kappa shape index (κ2) is 6.57. The van der Waals surface area contributed by atoms with Crippen LogP contribution in [0.5, 0.6) is 0 Å². The van der Waals surface area contributed by atoms with E-state index in [0.717, 1.165) is 5.56 Å². The Balaban J connectivity index is 1.72. The Hall–Kier alpha value is -3.26. The summed E-state index contributed by atoms with van der Waals surface area (Å²) < 4.78 is 5.99. The molecule has 4 rings (SSSR count). The molecule has 0 aliphatic carbocycles. The molecule has 2 aromatic heterocycles. The fraction of sp³-hybridized carbons (Fsp3) is 0.111. The number of carbonyl (C=O) groups excluding carboxylic acids is 1. The number of nitrogens with one attached hydrogen (secondary N) is 1. The third kappa shape index (κ3) is 2.91. The van der Waals surface area contributed by atoms with Gasteiger partial charge in [0.05, 0.1) is 23.6 Å². The number of methoxy groups -OCH3 is 1. The Morgan fingerprint density at radius 2 is 2.04 bits per heavy atom. The summed E-state index contributed by atoms with van der Waals surface area (Å²) in [5, 5.41) is 8.51. The molecular weight excluding hydrogens is 352 g/mol. The van der Waals surface area contributed by atoms with Crippen LogP contribution in [0, 0.1) is 0 Å². The summed E-state index contributed by atoms with van der Waals surface area (Å²) in [7, 11) is 1.31. The van der Waals surface area contributed by atoms with Gasteiger partial charge in [-0.25, -0.2) is 9.78 Å². The van der Waals surface area contributed by atoms with Gasteiger partial charge in [0.1, 0.15) is 0 Å². The lowest BCUT2D eigenvalue weighted by Crippen LogP contribution is -2.16. The van der Waals surface area contributed by atoms with E-state index in [-0.39, 0.29) is 5.56 Å². The molecule has 8 heteroatoms. The van der Waals surface area contributed by atoms with Gasteiger partial charge in [0, 0.05) is 6.54 Å². The normalized spacial score (nSPS) is 11.0. The molecule has 0 aliphatic rings. The van der Waals surface area contributed by atoms with Crippen molar-refractivity contribution >= 4 is 38.3 Å². The molecule has 0 saturated carbocycles. The molecule has 0 unspecified atom stereocenters. The zero-order valence-electron chi connectivity index (χ0n) is 13.8. The van der Waals surface area contributed by atoms with Gasteiger partial charge in [-0.15, -0.1) is 5.10 Å². The number of benzene rings is 2. The zero-order chi connectivity index (χ0) is 18.1. The molecule has 0 radical (unpaired) electrons. The lowest BCUT2D eigenvalue weighted by Gasteiger charge is -2.01. The highest BCUT2D eigenvalue weighted by Gasteiger charge is 2.13. The fourth-order valence-corrected chi connectivity index (χ4v) is 3.39. The standard InChI is InChI=1S/C18H14N4O3S/c1-25-16(24)12-7-8-13-14(9-12)20-18-22(15(13)23)21-17(26-18)19-10-11-5-3-2-4-6-11/h2-9H,10H2,1H3,(H,19,21). The number of carbonyl (C=O) groups is 1. The topological polar surface area (TPSA) is 85.6 Å². The first-order valence-corrected chi connectivity index (χ1v) is 8.67. The van der Waals surface area contributed by atoms with Crippen LogP contribution in [-0.2, 0) is 11.3 Å². The number of hydrogen-bond acceptors (Lipinski definition) is 7. The molecule has 2 heterocycles. The van der Waals surface area contributed by atoms with E-state index >= 15 is 0 Å². The van der Waals surface area contributed by atoms with Crippen LogP contribution in [0.2, 0.25) is 0 Å². The zero-order valence-corrected chi connectivity index (χ0v) is 14.6. The van der Waals surface area contributed by atoms with Crippen LogP contribution in [0.25, 0.3) is 15.9 Å². The van der Waals surface area contributed by atoms with E-state index in [4.69, 9.17) is 4.74 Å². The highest BCUT2D eigenvalue weighted by Crippen LogP contribution is 2.20. The molecule has 1 N–H and O–H groups in total. The number of fused-ring (bicyclic) bond motifs is 2. The minimum atomic E-state index is -0.469. The number of esters is 1. The van der Waals surface area contributed by atoms with Crippen LogP contribution in [0.1, 0.15) is 15.9 Å². The molecule has 130 valence electrons. The first-order chi connectivity index (χ1) is 12.7. The summed E-state index contributed by atoms with van der Waals surface area (Å²) in [6, 6.07) is 14.6. The van der Waals surface area contributed by atoms with E-state index < -0.39 is 5.97 Å². The lowest BCUT2D eigenvalue weighted by atomic mass is 10.1. The van der Waals surface area contributed by atoms with E-state index in [9.17, 15) is 9.59 Å². The predicted octanol–water partition coefficient (Wildman–Crippen LogP) is 2.70. The van der Waals surface area contributed by atoms with Gasteiger partial charge in [0.2, 0.25) is 10.1 Å². The molecule has 0 bridgehead atoms. The van der Waals surface area contributed by atoms with Crippen LogP contribution in [0.3, 0.4) is 0 Å². The van der Waals surface area contributed by atoms with Crippen molar-refractivity contribution in [3.63, 3.8) is 0 Å². The molecule has 0 atom stereocenters.